The van der Waals surface area contributed by atoms with E-state index < -0.39 is 10.0 Å². The fraction of sp³-hybridized carbons (Fsp3) is 0.0714. The molecule has 3 aromatic rings. The van der Waals surface area contributed by atoms with Crippen LogP contribution in [0, 0.1) is 6.92 Å². The second-order valence-electron chi connectivity index (χ2n) is 4.51. The van der Waals surface area contributed by atoms with Crippen molar-refractivity contribution in [2.24, 2.45) is 0 Å². The highest BCUT2D eigenvalue weighted by Gasteiger charge is 2.16. The standard InChI is InChI=1S/C14H13N3O2S/c1-10-4-2-3-5-14(10)20(18,19)17-11-6-7-12-13(8-11)16-9-15-12/h2-9,17H,1H3,(H,15,16). The number of nitrogens with zero attached hydrogens (tertiary/aromatic N) is 1. The first-order chi connectivity index (χ1) is 9.56. The molecule has 0 aliphatic heterocycles. The van der Waals surface area contributed by atoms with Crippen LogP contribution in [0.4, 0.5) is 5.69 Å². The SMILES string of the molecule is Cc1ccccc1S(=O)(=O)Nc1ccc2nc[nH]c2c1. The van der Waals surface area contributed by atoms with Crippen molar-refractivity contribution in [3.05, 3.63) is 54.4 Å². The van der Waals surface area contributed by atoms with Gasteiger partial charge in [-0.1, -0.05) is 18.2 Å². The Morgan fingerprint density at radius 2 is 1.95 bits per heavy atom. The van der Waals surface area contributed by atoms with E-state index >= 15 is 0 Å². The summed E-state index contributed by atoms with van der Waals surface area (Å²) in [7, 11) is -3.58. The van der Waals surface area contributed by atoms with Gasteiger partial charge in [-0.2, -0.15) is 0 Å². The summed E-state index contributed by atoms with van der Waals surface area (Å²) in [5.74, 6) is 0. The van der Waals surface area contributed by atoms with Crippen molar-refractivity contribution in [2.75, 3.05) is 4.72 Å². The van der Waals surface area contributed by atoms with Gasteiger partial charge in [0, 0.05) is 0 Å². The summed E-state index contributed by atoms with van der Waals surface area (Å²) < 4.78 is 27.3. The minimum atomic E-state index is -3.58. The number of aryl methyl sites for hydroxylation is 1. The van der Waals surface area contributed by atoms with Crippen molar-refractivity contribution in [1.82, 2.24) is 9.97 Å². The molecule has 1 heterocycles. The molecule has 6 heteroatoms. The maximum atomic E-state index is 12.4. The van der Waals surface area contributed by atoms with E-state index in [1.54, 1.807) is 49.6 Å². The van der Waals surface area contributed by atoms with Crippen LogP contribution in [0.1, 0.15) is 5.56 Å². The number of rotatable bonds is 3. The summed E-state index contributed by atoms with van der Waals surface area (Å²) in [5, 5.41) is 0. The highest BCUT2D eigenvalue weighted by atomic mass is 32.2. The first-order valence-corrected chi connectivity index (χ1v) is 7.56. The number of hydrogen-bond acceptors (Lipinski definition) is 3. The largest absolute Gasteiger partial charge is 0.345 e. The monoisotopic (exact) mass is 287 g/mol. The average Bonchev–Trinajstić information content (AvgIpc) is 2.86. The van der Waals surface area contributed by atoms with E-state index in [9.17, 15) is 8.42 Å². The molecule has 2 N–H and O–H groups in total. The Morgan fingerprint density at radius 1 is 1.15 bits per heavy atom. The number of aromatic amines is 1. The van der Waals surface area contributed by atoms with E-state index in [0.29, 0.717) is 11.3 Å². The van der Waals surface area contributed by atoms with E-state index in [1.807, 2.05) is 6.07 Å². The Hall–Kier alpha value is -2.34. The van der Waals surface area contributed by atoms with E-state index in [1.165, 1.54) is 0 Å². The third kappa shape index (κ3) is 2.25. The topological polar surface area (TPSA) is 74.8 Å². The molecule has 0 unspecified atom stereocenters. The molecular formula is C14H13N3O2S. The molecule has 1 aromatic heterocycles. The van der Waals surface area contributed by atoms with Gasteiger partial charge in [0.1, 0.15) is 0 Å². The number of hydrogen-bond donors (Lipinski definition) is 2. The van der Waals surface area contributed by atoms with Crippen LogP contribution in [0.25, 0.3) is 11.0 Å². The van der Waals surface area contributed by atoms with Crippen LogP contribution in [0.2, 0.25) is 0 Å². The molecule has 0 aliphatic carbocycles. The number of anilines is 1. The van der Waals surface area contributed by atoms with Crippen LogP contribution >= 0.6 is 0 Å². The highest BCUT2D eigenvalue weighted by molar-refractivity contribution is 7.92. The van der Waals surface area contributed by atoms with Crippen LogP contribution in [-0.4, -0.2) is 18.4 Å². The van der Waals surface area contributed by atoms with Crippen molar-refractivity contribution >= 4 is 26.7 Å². The zero-order valence-electron chi connectivity index (χ0n) is 10.8. The molecule has 5 nitrogen and oxygen atoms in total. The first kappa shape index (κ1) is 12.7. The molecular weight excluding hydrogens is 274 g/mol. The normalized spacial score (nSPS) is 11.7. The van der Waals surface area contributed by atoms with Gasteiger partial charge >= 0.3 is 0 Å². The Labute approximate surface area is 116 Å². The third-order valence-corrected chi connectivity index (χ3v) is 4.60. The van der Waals surface area contributed by atoms with Crippen molar-refractivity contribution in [3.63, 3.8) is 0 Å². The predicted octanol–water partition coefficient (Wildman–Crippen LogP) is 2.67. The van der Waals surface area contributed by atoms with E-state index in [0.717, 1.165) is 11.0 Å². The summed E-state index contributed by atoms with van der Waals surface area (Å²) in [6.07, 6.45) is 1.57. The van der Waals surface area contributed by atoms with Gasteiger partial charge in [-0.3, -0.25) is 4.72 Å². The van der Waals surface area contributed by atoms with E-state index in [2.05, 4.69) is 14.7 Å². The smallest absolute Gasteiger partial charge is 0.262 e. The molecule has 0 amide bonds. The number of sulfonamides is 1. The second-order valence-corrected chi connectivity index (χ2v) is 6.16. The molecule has 2 aromatic carbocycles. The van der Waals surface area contributed by atoms with E-state index in [4.69, 9.17) is 0 Å². The zero-order valence-corrected chi connectivity index (χ0v) is 11.6. The summed E-state index contributed by atoms with van der Waals surface area (Å²) in [5.41, 5.74) is 2.80. The Morgan fingerprint density at radius 3 is 2.75 bits per heavy atom. The minimum Gasteiger partial charge on any atom is -0.345 e. The summed E-state index contributed by atoms with van der Waals surface area (Å²) in [6, 6.07) is 12.1. The van der Waals surface area contributed by atoms with E-state index in [-0.39, 0.29) is 4.90 Å². The molecule has 0 fully saturated rings. The van der Waals surface area contributed by atoms with Gasteiger partial charge in [-0.15, -0.1) is 0 Å². The number of imidazole rings is 1. The fourth-order valence-corrected chi connectivity index (χ4v) is 3.36. The molecule has 0 bridgehead atoms. The quantitative estimate of drug-likeness (QED) is 0.777. The summed E-state index contributed by atoms with van der Waals surface area (Å²) in [6.45, 7) is 1.77. The second kappa shape index (κ2) is 4.64. The van der Waals surface area contributed by atoms with Crippen molar-refractivity contribution in [2.45, 2.75) is 11.8 Å². The van der Waals surface area contributed by atoms with Crippen molar-refractivity contribution < 1.29 is 8.42 Å². The third-order valence-electron chi connectivity index (χ3n) is 3.06. The van der Waals surface area contributed by atoms with Gasteiger partial charge in [0.25, 0.3) is 10.0 Å². The lowest BCUT2D eigenvalue weighted by Gasteiger charge is -2.10. The van der Waals surface area contributed by atoms with Crippen molar-refractivity contribution in [1.29, 1.82) is 0 Å². The molecule has 0 atom stereocenters. The maximum absolute atomic E-state index is 12.4. The number of nitrogens with one attached hydrogen (secondary N) is 2. The van der Waals surface area contributed by atoms with Gasteiger partial charge in [-0.05, 0) is 36.8 Å². The first-order valence-electron chi connectivity index (χ1n) is 6.08. The van der Waals surface area contributed by atoms with Gasteiger partial charge in [-0.25, -0.2) is 13.4 Å². The molecule has 0 radical (unpaired) electrons. The number of aromatic nitrogens is 2. The maximum Gasteiger partial charge on any atom is 0.262 e. The van der Waals surface area contributed by atoms with Crippen LogP contribution in [-0.2, 0) is 10.0 Å². The van der Waals surface area contributed by atoms with Crippen molar-refractivity contribution in [3.8, 4) is 0 Å². The molecule has 20 heavy (non-hydrogen) atoms. The Bertz CT molecular complexity index is 869. The van der Waals surface area contributed by atoms with Crippen LogP contribution in [0.15, 0.2) is 53.7 Å². The number of H-pyrrole nitrogens is 1. The van der Waals surface area contributed by atoms with Gasteiger partial charge in [0.2, 0.25) is 0 Å². The predicted molar refractivity (Wildman–Crippen MR) is 78.1 cm³/mol. The molecule has 0 saturated carbocycles. The molecule has 0 aliphatic rings. The zero-order chi connectivity index (χ0) is 14.2. The molecule has 0 spiro atoms. The van der Waals surface area contributed by atoms with Crippen LogP contribution < -0.4 is 4.72 Å². The van der Waals surface area contributed by atoms with Gasteiger partial charge < -0.3 is 4.98 Å². The van der Waals surface area contributed by atoms with Crippen LogP contribution in [0.3, 0.4) is 0 Å². The fourth-order valence-electron chi connectivity index (χ4n) is 2.07. The van der Waals surface area contributed by atoms with Gasteiger partial charge in [0.15, 0.2) is 0 Å². The molecule has 0 saturated heterocycles. The summed E-state index contributed by atoms with van der Waals surface area (Å²) in [4.78, 5) is 7.33. The number of benzene rings is 2. The molecule has 102 valence electrons. The number of fused-ring (bicyclic) bond motifs is 1. The molecule has 3 rings (SSSR count). The van der Waals surface area contributed by atoms with Gasteiger partial charge in [0.05, 0.1) is 27.9 Å². The Balaban J connectivity index is 1.99. The lowest BCUT2D eigenvalue weighted by atomic mass is 10.2. The highest BCUT2D eigenvalue weighted by Crippen LogP contribution is 2.21. The average molecular weight is 287 g/mol. The summed E-state index contributed by atoms with van der Waals surface area (Å²) >= 11 is 0. The lowest BCUT2D eigenvalue weighted by Crippen LogP contribution is -2.14. The van der Waals surface area contributed by atoms with Crippen LogP contribution in [0.5, 0.6) is 0 Å². The lowest BCUT2D eigenvalue weighted by molar-refractivity contribution is 0.600. The Kier molecular flexibility index (Phi) is 2.94. The minimum absolute atomic E-state index is 0.282.